The molecule has 1 N–H and O–H groups in total. The van der Waals surface area contributed by atoms with Crippen LogP contribution in [0.2, 0.25) is 0 Å². The van der Waals surface area contributed by atoms with E-state index in [1.54, 1.807) is 12.1 Å². The number of ether oxygens (including phenoxy) is 6. The molecule has 198 valence electrons. The molecule has 10 nitrogen and oxygen atoms in total. The second-order valence-electron chi connectivity index (χ2n) is 7.32. The molecule has 0 bridgehead atoms. The van der Waals surface area contributed by atoms with E-state index in [-0.39, 0.29) is 29.2 Å². The maximum absolute atomic E-state index is 13.0. The zero-order chi connectivity index (χ0) is 27.2. The van der Waals surface area contributed by atoms with Crippen molar-refractivity contribution in [1.29, 1.82) is 5.26 Å². The number of nitriles is 1. The first-order valence-corrected chi connectivity index (χ1v) is 11.8. The molecule has 0 spiro atoms. The largest absolute Gasteiger partial charge is 0.493 e. The molecule has 0 saturated heterocycles. The Morgan fingerprint density at radius 3 is 2.11 bits per heavy atom. The van der Waals surface area contributed by atoms with Gasteiger partial charge < -0.3 is 33.7 Å². The van der Waals surface area contributed by atoms with E-state index < -0.39 is 11.9 Å². The Morgan fingerprint density at radius 2 is 1.57 bits per heavy atom. The molecule has 0 aliphatic heterocycles. The predicted octanol–water partition coefficient (Wildman–Crippen LogP) is 3.78. The standard InChI is InChI=1S/C27H32N2O8/c1-6-34-23-15-19(16-24(35-7-2)25(23)36-8-3)27(31)37-21-10-9-18(14-22(21)33-5)13-20(17-28)26(30)29-11-12-32-4/h9-10,13-16H,6-8,11-12H2,1-5H3,(H,29,30)/b20-13+. The Labute approximate surface area is 216 Å². The number of hydrogen-bond acceptors (Lipinski definition) is 9. The van der Waals surface area contributed by atoms with E-state index in [2.05, 4.69) is 5.32 Å². The van der Waals surface area contributed by atoms with E-state index in [0.717, 1.165) is 0 Å². The number of carbonyl (C=O) groups excluding carboxylic acids is 2. The molecule has 0 aliphatic rings. The van der Waals surface area contributed by atoms with Gasteiger partial charge in [-0.2, -0.15) is 5.26 Å². The Balaban J connectivity index is 2.33. The molecule has 0 saturated carbocycles. The second-order valence-corrected chi connectivity index (χ2v) is 7.32. The Kier molecular flexibility index (Phi) is 11.8. The lowest BCUT2D eigenvalue weighted by molar-refractivity contribution is -0.117. The summed E-state index contributed by atoms with van der Waals surface area (Å²) in [5.41, 5.74) is 0.610. The fraction of sp³-hybridized carbons (Fsp3) is 0.370. The number of amides is 1. The van der Waals surface area contributed by atoms with Crippen molar-refractivity contribution in [1.82, 2.24) is 5.32 Å². The summed E-state index contributed by atoms with van der Waals surface area (Å²) in [6, 6.07) is 9.61. The summed E-state index contributed by atoms with van der Waals surface area (Å²) in [6.45, 7) is 7.20. The fourth-order valence-corrected chi connectivity index (χ4v) is 3.20. The average molecular weight is 513 g/mol. The summed E-state index contributed by atoms with van der Waals surface area (Å²) < 4.78 is 32.9. The number of benzene rings is 2. The molecule has 0 unspecified atom stereocenters. The number of esters is 1. The van der Waals surface area contributed by atoms with Gasteiger partial charge >= 0.3 is 5.97 Å². The van der Waals surface area contributed by atoms with E-state index in [9.17, 15) is 14.9 Å². The fourth-order valence-electron chi connectivity index (χ4n) is 3.20. The van der Waals surface area contributed by atoms with Crippen molar-refractivity contribution in [2.45, 2.75) is 20.8 Å². The summed E-state index contributed by atoms with van der Waals surface area (Å²) >= 11 is 0. The summed E-state index contributed by atoms with van der Waals surface area (Å²) in [5.74, 6) is 0.334. The SMILES string of the molecule is CCOc1cc(C(=O)Oc2ccc(/C=C(\C#N)C(=O)NCCOC)cc2OC)cc(OCC)c1OCC. The third kappa shape index (κ3) is 8.15. The van der Waals surface area contributed by atoms with Crippen molar-refractivity contribution in [2.24, 2.45) is 0 Å². The highest BCUT2D eigenvalue weighted by molar-refractivity contribution is 6.01. The van der Waals surface area contributed by atoms with Crippen LogP contribution in [0.15, 0.2) is 35.9 Å². The molecular formula is C27H32N2O8. The number of methoxy groups -OCH3 is 2. The van der Waals surface area contributed by atoms with Gasteiger partial charge in [-0.1, -0.05) is 6.07 Å². The molecule has 0 radical (unpaired) electrons. The summed E-state index contributed by atoms with van der Waals surface area (Å²) in [6.07, 6.45) is 1.41. The quantitative estimate of drug-likeness (QED) is 0.132. The van der Waals surface area contributed by atoms with Crippen molar-refractivity contribution in [3.63, 3.8) is 0 Å². The summed E-state index contributed by atoms with van der Waals surface area (Å²) in [4.78, 5) is 25.2. The van der Waals surface area contributed by atoms with Crippen molar-refractivity contribution in [3.05, 3.63) is 47.0 Å². The molecule has 2 aromatic rings. The third-order valence-electron chi connectivity index (χ3n) is 4.80. The Bertz CT molecular complexity index is 1130. The van der Waals surface area contributed by atoms with Crippen LogP contribution < -0.4 is 29.0 Å². The highest BCUT2D eigenvalue weighted by Crippen LogP contribution is 2.39. The zero-order valence-corrected chi connectivity index (χ0v) is 21.7. The molecule has 0 aliphatic carbocycles. The van der Waals surface area contributed by atoms with Crippen LogP contribution >= 0.6 is 0 Å². The van der Waals surface area contributed by atoms with Crippen LogP contribution in [-0.4, -0.2) is 59.1 Å². The maximum Gasteiger partial charge on any atom is 0.343 e. The van der Waals surface area contributed by atoms with Crippen LogP contribution in [-0.2, 0) is 9.53 Å². The van der Waals surface area contributed by atoms with Gasteiger partial charge in [0.1, 0.15) is 11.6 Å². The minimum atomic E-state index is -0.665. The monoisotopic (exact) mass is 512 g/mol. The number of rotatable bonds is 14. The van der Waals surface area contributed by atoms with Gasteiger partial charge in [0.25, 0.3) is 5.91 Å². The van der Waals surface area contributed by atoms with Gasteiger partial charge in [-0.05, 0) is 56.7 Å². The van der Waals surface area contributed by atoms with Gasteiger partial charge in [-0.15, -0.1) is 0 Å². The zero-order valence-electron chi connectivity index (χ0n) is 21.7. The van der Waals surface area contributed by atoms with Crippen LogP contribution in [0, 0.1) is 11.3 Å². The van der Waals surface area contributed by atoms with Gasteiger partial charge in [-0.3, -0.25) is 4.79 Å². The van der Waals surface area contributed by atoms with Gasteiger partial charge in [0.2, 0.25) is 5.75 Å². The summed E-state index contributed by atoms with van der Waals surface area (Å²) in [5, 5.41) is 12.0. The van der Waals surface area contributed by atoms with Crippen LogP contribution in [0.1, 0.15) is 36.7 Å². The molecule has 2 aromatic carbocycles. The minimum Gasteiger partial charge on any atom is -0.493 e. The van der Waals surface area contributed by atoms with Crippen molar-refractivity contribution in [3.8, 4) is 34.8 Å². The van der Waals surface area contributed by atoms with Gasteiger partial charge in [0.05, 0.1) is 39.1 Å². The molecule has 10 heteroatoms. The normalized spacial score (nSPS) is 10.8. The number of hydrogen-bond donors (Lipinski definition) is 1. The molecule has 1 amide bonds. The van der Waals surface area contributed by atoms with Crippen molar-refractivity contribution >= 4 is 18.0 Å². The molecule has 0 heterocycles. The molecule has 0 atom stereocenters. The van der Waals surface area contributed by atoms with Gasteiger partial charge in [-0.25, -0.2) is 4.79 Å². The van der Waals surface area contributed by atoms with E-state index in [1.807, 2.05) is 26.8 Å². The van der Waals surface area contributed by atoms with Crippen LogP contribution in [0.4, 0.5) is 0 Å². The smallest absolute Gasteiger partial charge is 0.343 e. The van der Waals surface area contributed by atoms with Gasteiger partial charge in [0, 0.05) is 13.7 Å². The molecular weight excluding hydrogens is 480 g/mol. The first kappa shape index (κ1) is 29.0. The van der Waals surface area contributed by atoms with E-state index >= 15 is 0 Å². The molecule has 0 aromatic heterocycles. The van der Waals surface area contributed by atoms with Crippen LogP contribution in [0.5, 0.6) is 28.7 Å². The molecule has 37 heavy (non-hydrogen) atoms. The van der Waals surface area contributed by atoms with Crippen LogP contribution in [0.3, 0.4) is 0 Å². The van der Waals surface area contributed by atoms with E-state index in [1.165, 1.54) is 38.5 Å². The number of nitrogens with one attached hydrogen (secondary N) is 1. The molecule has 0 fully saturated rings. The Morgan fingerprint density at radius 1 is 0.919 bits per heavy atom. The minimum absolute atomic E-state index is 0.0933. The van der Waals surface area contributed by atoms with E-state index in [4.69, 9.17) is 28.4 Å². The topological polar surface area (TPSA) is 125 Å². The Hall–Kier alpha value is -4.23. The number of carbonyl (C=O) groups is 2. The first-order chi connectivity index (χ1) is 17.9. The average Bonchev–Trinajstić information content (AvgIpc) is 2.89. The van der Waals surface area contributed by atoms with Crippen LogP contribution in [0.25, 0.3) is 6.08 Å². The lowest BCUT2D eigenvalue weighted by atomic mass is 10.1. The van der Waals surface area contributed by atoms with Crippen molar-refractivity contribution in [2.75, 3.05) is 47.2 Å². The summed E-state index contributed by atoms with van der Waals surface area (Å²) in [7, 11) is 2.93. The highest BCUT2D eigenvalue weighted by atomic mass is 16.6. The lowest BCUT2D eigenvalue weighted by Crippen LogP contribution is -2.27. The first-order valence-electron chi connectivity index (χ1n) is 11.8. The maximum atomic E-state index is 13.0. The predicted molar refractivity (Wildman–Crippen MR) is 136 cm³/mol. The van der Waals surface area contributed by atoms with Gasteiger partial charge in [0.15, 0.2) is 23.0 Å². The third-order valence-corrected chi connectivity index (χ3v) is 4.80. The second kappa shape index (κ2) is 15.0. The highest BCUT2D eigenvalue weighted by Gasteiger charge is 2.21. The molecule has 2 rings (SSSR count). The van der Waals surface area contributed by atoms with Crippen molar-refractivity contribution < 1.29 is 38.0 Å². The number of nitrogens with zero attached hydrogens (tertiary/aromatic N) is 1. The van der Waals surface area contributed by atoms with E-state index in [0.29, 0.717) is 49.2 Å². The lowest BCUT2D eigenvalue weighted by Gasteiger charge is -2.17.